The van der Waals surface area contributed by atoms with Crippen LogP contribution in [0.5, 0.6) is 0 Å². The summed E-state index contributed by atoms with van der Waals surface area (Å²) in [5, 5.41) is 0.569. The molecule has 0 aliphatic heterocycles. The number of nitrogens with two attached hydrogens (primary N) is 1. The largest absolute Gasteiger partial charge is 0.271 e. The maximum absolute atomic E-state index is 13.2. The summed E-state index contributed by atoms with van der Waals surface area (Å²) in [6.07, 6.45) is 0.417. The van der Waals surface area contributed by atoms with E-state index >= 15 is 0 Å². The van der Waals surface area contributed by atoms with Crippen LogP contribution in [0.4, 0.5) is 8.78 Å². The molecule has 2 aromatic rings. The van der Waals surface area contributed by atoms with Crippen LogP contribution in [-0.2, 0) is 6.42 Å². The van der Waals surface area contributed by atoms with Crippen molar-refractivity contribution < 1.29 is 8.78 Å². The Morgan fingerprint density at radius 1 is 1.15 bits per heavy atom. The van der Waals surface area contributed by atoms with Crippen molar-refractivity contribution in [1.82, 2.24) is 5.43 Å². The first-order valence-corrected chi connectivity index (χ1v) is 7.02. The number of hydrogen-bond acceptors (Lipinski definition) is 2. The Hall–Kier alpha value is -1.01. The lowest BCUT2D eigenvalue weighted by atomic mass is 9.99. The van der Waals surface area contributed by atoms with Crippen molar-refractivity contribution in [3.63, 3.8) is 0 Å². The zero-order chi connectivity index (χ0) is 14.7. The maximum atomic E-state index is 13.2. The fourth-order valence-electron chi connectivity index (χ4n) is 1.95. The first-order chi connectivity index (χ1) is 9.49. The van der Waals surface area contributed by atoms with Gasteiger partial charge in [-0.3, -0.25) is 11.3 Å². The second-order valence-electron chi connectivity index (χ2n) is 4.37. The first-order valence-electron chi connectivity index (χ1n) is 5.85. The Morgan fingerprint density at radius 3 is 2.50 bits per heavy atom. The summed E-state index contributed by atoms with van der Waals surface area (Å²) in [7, 11) is 0. The second kappa shape index (κ2) is 6.63. The van der Waals surface area contributed by atoms with Crippen molar-refractivity contribution in [1.29, 1.82) is 0 Å². The topological polar surface area (TPSA) is 38.0 Å². The third-order valence-corrected chi connectivity index (χ3v) is 3.59. The molecular weight excluding hydrogens is 350 g/mol. The van der Waals surface area contributed by atoms with Crippen molar-refractivity contribution in [2.75, 3.05) is 0 Å². The van der Waals surface area contributed by atoms with Crippen LogP contribution in [0.15, 0.2) is 40.9 Å². The number of rotatable bonds is 4. The van der Waals surface area contributed by atoms with Gasteiger partial charge in [0, 0.05) is 9.50 Å². The zero-order valence-electron chi connectivity index (χ0n) is 10.3. The molecule has 3 N–H and O–H groups in total. The summed E-state index contributed by atoms with van der Waals surface area (Å²) in [5.74, 6) is 3.81. The molecule has 1 atom stereocenters. The van der Waals surface area contributed by atoms with Crippen LogP contribution in [0.2, 0.25) is 5.02 Å². The minimum Gasteiger partial charge on any atom is -0.271 e. The van der Waals surface area contributed by atoms with Gasteiger partial charge in [-0.05, 0) is 47.9 Å². The fraction of sp³-hybridized carbons (Fsp3) is 0.143. The van der Waals surface area contributed by atoms with E-state index in [0.717, 1.165) is 16.1 Å². The lowest BCUT2D eigenvalue weighted by Crippen LogP contribution is -2.29. The zero-order valence-corrected chi connectivity index (χ0v) is 12.7. The van der Waals surface area contributed by atoms with Gasteiger partial charge < -0.3 is 0 Å². The SMILES string of the molecule is NNC(Cc1ccc(F)c(F)c1)c1cc(Cl)cc(Br)c1. The predicted octanol–water partition coefficient (Wildman–Crippen LogP) is 4.13. The van der Waals surface area contributed by atoms with Gasteiger partial charge in [0.2, 0.25) is 0 Å². The van der Waals surface area contributed by atoms with E-state index in [-0.39, 0.29) is 6.04 Å². The lowest BCUT2D eigenvalue weighted by Gasteiger charge is -2.17. The Bertz CT molecular complexity index is 602. The molecule has 0 fully saturated rings. The summed E-state index contributed by atoms with van der Waals surface area (Å²) in [6.45, 7) is 0. The molecule has 0 bridgehead atoms. The standard InChI is InChI=1S/C14H12BrClF2N2/c15-10-5-9(6-11(16)7-10)14(20-19)4-8-1-2-12(17)13(18)3-8/h1-3,5-7,14,20H,4,19H2. The molecule has 2 aromatic carbocycles. The number of hydrazine groups is 1. The number of hydrogen-bond donors (Lipinski definition) is 2. The molecule has 6 heteroatoms. The minimum atomic E-state index is -0.870. The summed E-state index contributed by atoms with van der Waals surface area (Å²) < 4.78 is 26.9. The minimum absolute atomic E-state index is 0.255. The molecule has 106 valence electrons. The van der Waals surface area contributed by atoms with E-state index in [1.54, 1.807) is 12.1 Å². The normalized spacial score (nSPS) is 12.4. The first kappa shape index (κ1) is 15.4. The molecule has 0 saturated heterocycles. The maximum Gasteiger partial charge on any atom is 0.159 e. The van der Waals surface area contributed by atoms with Crippen LogP contribution in [0, 0.1) is 11.6 Å². The Morgan fingerprint density at radius 2 is 1.90 bits per heavy atom. The summed E-state index contributed by atoms with van der Waals surface area (Å²) in [6, 6.07) is 8.95. The number of nitrogens with one attached hydrogen (secondary N) is 1. The van der Waals surface area contributed by atoms with Gasteiger partial charge in [-0.15, -0.1) is 0 Å². The van der Waals surface area contributed by atoms with Gasteiger partial charge in [-0.25, -0.2) is 8.78 Å². The van der Waals surface area contributed by atoms with E-state index < -0.39 is 11.6 Å². The molecule has 0 saturated carbocycles. The van der Waals surface area contributed by atoms with Gasteiger partial charge in [0.1, 0.15) is 0 Å². The highest BCUT2D eigenvalue weighted by Crippen LogP contribution is 2.26. The molecule has 0 spiro atoms. The number of halogens is 4. The van der Waals surface area contributed by atoms with Gasteiger partial charge in [0.05, 0.1) is 6.04 Å². The molecular formula is C14H12BrClF2N2. The van der Waals surface area contributed by atoms with Crippen LogP contribution in [0.1, 0.15) is 17.2 Å². The van der Waals surface area contributed by atoms with Gasteiger partial charge in [-0.2, -0.15) is 0 Å². The van der Waals surface area contributed by atoms with Crippen LogP contribution in [0.3, 0.4) is 0 Å². The van der Waals surface area contributed by atoms with Crippen molar-refractivity contribution in [3.8, 4) is 0 Å². The van der Waals surface area contributed by atoms with E-state index in [1.807, 2.05) is 6.07 Å². The summed E-state index contributed by atoms with van der Waals surface area (Å²) >= 11 is 9.35. The Balaban J connectivity index is 2.26. The van der Waals surface area contributed by atoms with Gasteiger partial charge in [0.25, 0.3) is 0 Å². The number of benzene rings is 2. The van der Waals surface area contributed by atoms with E-state index in [9.17, 15) is 8.78 Å². The van der Waals surface area contributed by atoms with Gasteiger partial charge in [-0.1, -0.05) is 33.6 Å². The highest BCUT2D eigenvalue weighted by atomic mass is 79.9. The molecule has 0 aromatic heterocycles. The van der Waals surface area contributed by atoms with E-state index in [0.29, 0.717) is 17.0 Å². The van der Waals surface area contributed by atoms with E-state index in [2.05, 4.69) is 21.4 Å². The third-order valence-electron chi connectivity index (χ3n) is 2.91. The molecule has 0 radical (unpaired) electrons. The Labute approximate surface area is 129 Å². The van der Waals surface area contributed by atoms with Gasteiger partial charge >= 0.3 is 0 Å². The lowest BCUT2D eigenvalue weighted by molar-refractivity contribution is 0.502. The monoisotopic (exact) mass is 360 g/mol. The molecule has 2 rings (SSSR count). The van der Waals surface area contributed by atoms with Crippen molar-refractivity contribution in [2.24, 2.45) is 5.84 Å². The molecule has 0 amide bonds. The van der Waals surface area contributed by atoms with Crippen LogP contribution in [-0.4, -0.2) is 0 Å². The van der Waals surface area contributed by atoms with Crippen LogP contribution in [0.25, 0.3) is 0 Å². The molecule has 2 nitrogen and oxygen atoms in total. The Kier molecular flexibility index (Phi) is 5.10. The van der Waals surface area contributed by atoms with Crippen LogP contribution >= 0.6 is 27.5 Å². The fourth-order valence-corrected chi connectivity index (χ4v) is 2.84. The summed E-state index contributed by atoms with van der Waals surface area (Å²) in [5.41, 5.74) is 4.16. The smallest absolute Gasteiger partial charge is 0.159 e. The van der Waals surface area contributed by atoms with Crippen molar-refractivity contribution >= 4 is 27.5 Å². The highest BCUT2D eigenvalue weighted by molar-refractivity contribution is 9.10. The predicted molar refractivity (Wildman–Crippen MR) is 79.3 cm³/mol. The molecule has 0 aliphatic carbocycles. The van der Waals surface area contributed by atoms with Crippen molar-refractivity contribution in [2.45, 2.75) is 12.5 Å². The highest BCUT2D eigenvalue weighted by Gasteiger charge is 2.13. The van der Waals surface area contributed by atoms with E-state index in [4.69, 9.17) is 17.4 Å². The van der Waals surface area contributed by atoms with E-state index in [1.165, 1.54) is 12.1 Å². The quantitative estimate of drug-likeness (QED) is 0.635. The molecule has 0 heterocycles. The molecule has 20 heavy (non-hydrogen) atoms. The second-order valence-corrected chi connectivity index (χ2v) is 5.73. The molecule has 1 unspecified atom stereocenters. The van der Waals surface area contributed by atoms with Crippen LogP contribution < -0.4 is 11.3 Å². The average Bonchev–Trinajstić information content (AvgIpc) is 2.38. The summed E-state index contributed by atoms with van der Waals surface area (Å²) in [4.78, 5) is 0. The third kappa shape index (κ3) is 3.76. The average molecular weight is 362 g/mol. The van der Waals surface area contributed by atoms with Gasteiger partial charge in [0.15, 0.2) is 11.6 Å². The molecule has 0 aliphatic rings. The van der Waals surface area contributed by atoms with Crippen molar-refractivity contribution in [3.05, 3.63) is 68.7 Å².